The van der Waals surface area contributed by atoms with Gasteiger partial charge in [-0.1, -0.05) is 30.3 Å². The molecule has 5 rings (SSSR count). The highest BCUT2D eigenvalue weighted by atomic mass is 16.5. The summed E-state index contributed by atoms with van der Waals surface area (Å²) in [5, 5.41) is 4.47. The maximum absolute atomic E-state index is 12.7. The van der Waals surface area contributed by atoms with Crippen LogP contribution in [0.2, 0.25) is 0 Å². The van der Waals surface area contributed by atoms with E-state index in [1.54, 1.807) is 12.5 Å². The average Bonchev–Trinajstić information content (AvgIpc) is 3.48. The second-order valence-electron chi connectivity index (χ2n) is 7.70. The number of ether oxygens (including phenoxy) is 1. The van der Waals surface area contributed by atoms with E-state index in [1.807, 2.05) is 40.0 Å². The first-order valence-corrected chi connectivity index (χ1v) is 9.97. The Morgan fingerprint density at radius 1 is 1.17 bits per heavy atom. The van der Waals surface area contributed by atoms with Crippen molar-refractivity contribution in [1.29, 1.82) is 0 Å². The summed E-state index contributed by atoms with van der Waals surface area (Å²) in [5.41, 5.74) is 3.35. The first-order chi connectivity index (χ1) is 14.2. The van der Waals surface area contributed by atoms with E-state index in [0.29, 0.717) is 6.54 Å². The molecule has 148 valence electrons. The number of benzene rings is 1. The zero-order valence-electron chi connectivity index (χ0n) is 16.3. The first kappa shape index (κ1) is 18.0. The molecule has 1 aliphatic heterocycles. The van der Waals surface area contributed by atoms with Crippen molar-refractivity contribution in [1.82, 2.24) is 24.6 Å². The van der Waals surface area contributed by atoms with E-state index in [4.69, 9.17) is 4.74 Å². The Bertz CT molecular complexity index is 1010. The van der Waals surface area contributed by atoms with Crippen molar-refractivity contribution in [3.63, 3.8) is 0 Å². The molecule has 3 heterocycles. The van der Waals surface area contributed by atoms with Crippen LogP contribution in [-0.4, -0.2) is 43.2 Å². The molecule has 0 N–H and O–H groups in total. The Balaban J connectivity index is 1.53. The van der Waals surface area contributed by atoms with Crippen LogP contribution in [0.3, 0.4) is 0 Å². The van der Waals surface area contributed by atoms with Crippen LogP contribution < -0.4 is 0 Å². The van der Waals surface area contributed by atoms with Gasteiger partial charge in [0.1, 0.15) is 19.0 Å². The van der Waals surface area contributed by atoms with E-state index >= 15 is 0 Å². The van der Waals surface area contributed by atoms with Gasteiger partial charge in [0, 0.05) is 18.4 Å². The molecule has 0 spiro atoms. The van der Waals surface area contributed by atoms with Crippen LogP contribution in [0, 0.1) is 6.92 Å². The first-order valence-electron chi connectivity index (χ1n) is 9.97. The average molecular weight is 389 g/mol. The second-order valence-corrected chi connectivity index (χ2v) is 7.70. The number of hydrogen-bond donors (Lipinski definition) is 0. The SMILES string of the molecule is Cc1ccccc1Cn1ncnc1[C@H]1OCC(=O)N(C2CC2)[C@@H]1c1cccnc1. The standard InChI is InChI=1S/C22H23N5O2/c1-15-5-2-3-6-17(15)12-26-22(24-14-25-26)21-20(16-7-4-10-23-11-16)27(18-8-9-18)19(28)13-29-21/h2-7,10-11,14,18,20-21H,8-9,12-13H2,1H3/t20-,21+/m1/s1. The fourth-order valence-electron chi connectivity index (χ4n) is 4.08. The Kier molecular flexibility index (Phi) is 4.60. The number of morpholine rings is 1. The summed E-state index contributed by atoms with van der Waals surface area (Å²) >= 11 is 0. The van der Waals surface area contributed by atoms with Gasteiger partial charge in [-0.25, -0.2) is 9.67 Å². The van der Waals surface area contributed by atoms with Crippen LogP contribution in [0.1, 0.15) is 47.5 Å². The van der Waals surface area contributed by atoms with Crippen LogP contribution in [0.25, 0.3) is 0 Å². The summed E-state index contributed by atoms with van der Waals surface area (Å²) in [5.74, 6) is 0.767. The number of carbonyl (C=O) groups excluding carboxylic acids is 1. The van der Waals surface area contributed by atoms with Crippen molar-refractivity contribution in [2.45, 2.75) is 44.5 Å². The molecule has 0 bridgehead atoms. The highest BCUT2D eigenvalue weighted by Gasteiger charge is 2.47. The van der Waals surface area contributed by atoms with Gasteiger partial charge in [0.25, 0.3) is 0 Å². The Morgan fingerprint density at radius 2 is 2.03 bits per heavy atom. The summed E-state index contributed by atoms with van der Waals surface area (Å²) in [6, 6.07) is 12.2. The quantitative estimate of drug-likeness (QED) is 0.671. The van der Waals surface area contributed by atoms with Crippen LogP contribution >= 0.6 is 0 Å². The van der Waals surface area contributed by atoms with E-state index in [9.17, 15) is 4.79 Å². The zero-order valence-corrected chi connectivity index (χ0v) is 16.3. The molecule has 1 aromatic carbocycles. The Hall–Kier alpha value is -3.06. The van der Waals surface area contributed by atoms with Gasteiger partial charge < -0.3 is 9.64 Å². The van der Waals surface area contributed by atoms with Crippen molar-refractivity contribution in [3.8, 4) is 0 Å². The fourth-order valence-corrected chi connectivity index (χ4v) is 4.08. The van der Waals surface area contributed by atoms with Gasteiger partial charge >= 0.3 is 0 Å². The molecule has 3 aromatic rings. The number of amides is 1. The summed E-state index contributed by atoms with van der Waals surface area (Å²) < 4.78 is 7.96. The van der Waals surface area contributed by atoms with Crippen molar-refractivity contribution in [2.24, 2.45) is 0 Å². The molecular formula is C22H23N5O2. The highest BCUT2D eigenvalue weighted by Crippen LogP contribution is 2.44. The van der Waals surface area contributed by atoms with Crippen LogP contribution in [0.4, 0.5) is 0 Å². The molecule has 0 radical (unpaired) electrons. The van der Waals surface area contributed by atoms with E-state index in [-0.39, 0.29) is 30.7 Å². The molecule has 7 heteroatoms. The van der Waals surface area contributed by atoms with Crippen molar-refractivity contribution in [2.75, 3.05) is 6.61 Å². The van der Waals surface area contributed by atoms with Crippen LogP contribution in [-0.2, 0) is 16.1 Å². The smallest absolute Gasteiger partial charge is 0.249 e. The lowest BCUT2D eigenvalue weighted by atomic mass is 9.98. The monoisotopic (exact) mass is 389 g/mol. The predicted octanol–water partition coefficient (Wildman–Crippen LogP) is 2.83. The molecule has 2 fully saturated rings. The number of carbonyl (C=O) groups is 1. The summed E-state index contributed by atoms with van der Waals surface area (Å²) in [4.78, 5) is 23.5. The minimum atomic E-state index is -0.385. The number of aryl methyl sites for hydroxylation is 1. The molecule has 7 nitrogen and oxygen atoms in total. The molecule has 1 saturated carbocycles. The van der Waals surface area contributed by atoms with Gasteiger partial charge in [-0.05, 0) is 42.5 Å². The molecule has 2 aromatic heterocycles. The van der Waals surface area contributed by atoms with Gasteiger partial charge in [0.2, 0.25) is 5.91 Å². The fraction of sp³-hybridized carbons (Fsp3) is 0.364. The van der Waals surface area contributed by atoms with E-state index in [0.717, 1.165) is 24.2 Å². The zero-order chi connectivity index (χ0) is 19.8. The third kappa shape index (κ3) is 3.42. The van der Waals surface area contributed by atoms with Crippen LogP contribution in [0.5, 0.6) is 0 Å². The molecule has 1 aliphatic carbocycles. The van der Waals surface area contributed by atoms with Crippen molar-refractivity contribution in [3.05, 3.63) is 77.6 Å². The molecule has 1 amide bonds. The lowest BCUT2D eigenvalue weighted by Gasteiger charge is -2.41. The van der Waals surface area contributed by atoms with Gasteiger partial charge in [0.05, 0.1) is 12.6 Å². The Labute approximate surface area is 169 Å². The van der Waals surface area contributed by atoms with Gasteiger partial charge in [-0.3, -0.25) is 9.78 Å². The molecule has 0 unspecified atom stereocenters. The molecule has 29 heavy (non-hydrogen) atoms. The number of nitrogens with zero attached hydrogens (tertiary/aromatic N) is 5. The number of pyridine rings is 1. The largest absolute Gasteiger partial charge is 0.358 e. The normalized spacial score (nSPS) is 22.1. The number of hydrogen-bond acceptors (Lipinski definition) is 5. The third-order valence-corrected chi connectivity index (χ3v) is 5.71. The predicted molar refractivity (Wildman–Crippen MR) is 106 cm³/mol. The molecule has 1 saturated heterocycles. The molecular weight excluding hydrogens is 366 g/mol. The minimum absolute atomic E-state index is 0.0302. The third-order valence-electron chi connectivity index (χ3n) is 5.71. The topological polar surface area (TPSA) is 73.1 Å². The van der Waals surface area contributed by atoms with Crippen molar-refractivity contribution < 1.29 is 9.53 Å². The second kappa shape index (κ2) is 7.40. The maximum atomic E-state index is 12.7. The van der Waals surface area contributed by atoms with Gasteiger partial charge in [-0.2, -0.15) is 5.10 Å². The van der Waals surface area contributed by atoms with Gasteiger partial charge in [-0.15, -0.1) is 0 Å². The highest BCUT2D eigenvalue weighted by molar-refractivity contribution is 5.79. The van der Waals surface area contributed by atoms with Crippen LogP contribution in [0.15, 0.2) is 55.1 Å². The lowest BCUT2D eigenvalue weighted by molar-refractivity contribution is -0.160. The minimum Gasteiger partial charge on any atom is -0.358 e. The number of aromatic nitrogens is 4. The van der Waals surface area contributed by atoms with Crippen molar-refractivity contribution >= 4 is 5.91 Å². The van der Waals surface area contributed by atoms with E-state index in [2.05, 4.69) is 34.1 Å². The summed E-state index contributed by atoms with van der Waals surface area (Å²) in [7, 11) is 0. The number of rotatable bonds is 5. The summed E-state index contributed by atoms with van der Waals surface area (Å²) in [6.07, 6.45) is 6.80. The maximum Gasteiger partial charge on any atom is 0.249 e. The molecule has 2 atom stereocenters. The summed E-state index contributed by atoms with van der Waals surface area (Å²) in [6.45, 7) is 2.77. The Morgan fingerprint density at radius 3 is 2.79 bits per heavy atom. The van der Waals surface area contributed by atoms with Gasteiger partial charge in [0.15, 0.2) is 5.82 Å². The van der Waals surface area contributed by atoms with E-state index in [1.165, 1.54) is 11.1 Å². The lowest BCUT2D eigenvalue weighted by Crippen LogP contribution is -2.47. The molecule has 2 aliphatic rings. The van der Waals surface area contributed by atoms with E-state index < -0.39 is 0 Å².